The van der Waals surface area contributed by atoms with Crippen LogP contribution in [-0.4, -0.2) is 0 Å². The second-order valence-electron chi connectivity index (χ2n) is 2.15. The molecule has 0 aliphatic carbocycles. The van der Waals surface area contributed by atoms with Crippen molar-refractivity contribution in [3.8, 4) is 18.4 Å². The quantitative estimate of drug-likeness (QED) is 0.546. The van der Waals surface area contributed by atoms with Gasteiger partial charge in [0.05, 0.1) is 11.6 Å². The Morgan fingerprint density at radius 2 is 2.09 bits per heavy atom. The van der Waals surface area contributed by atoms with Gasteiger partial charge >= 0.3 is 0 Å². The van der Waals surface area contributed by atoms with E-state index in [2.05, 4.69) is 12.0 Å². The molecule has 1 aromatic carbocycles. The van der Waals surface area contributed by atoms with E-state index in [1.807, 2.05) is 18.2 Å². The summed E-state index contributed by atoms with van der Waals surface area (Å²) in [6, 6.07) is 9.44. The minimum absolute atomic E-state index is 0.531. The van der Waals surface area contributed by atoms with Crippen LogP contribution in [0.2, 0.25) is 0 Å². The molecule has 0 saturated heterocycles. The Kier molecular flexibility index (Phi) is 2.31. The molecule has 0 aliphatic heterocycles. The number of nitriles is 1. The highest BCUT2D eigenvalue weighted by molar-refractivity contribution is 5.38. The first-order chi connectivity index (χ1) is 5.38. The van der Waals surface area contributed by atoms with E-state index in [1.165, 1.54) is 0 Å². The molecule has 1 rings (SSSR count). The van der Waals surface area contributed by atoms with E-state index < -0.39 is 0 Å². The lowest BCUT2D eigenvalue weighted by atomic mass is 10.1. The summed E-state index contributed by atoms with van der Waals surface area (Å²) in [5, 5.41) is 8.63. The number of terminal acetylenes is 1. The van der Waals surface area contributed by atoms with Crippen molar-refractivity contribution in [2.75, 3.05) is 0 Å². The molecular weight excluding hydrogens is 134 g/mol. The van der Waals surface area contributed by atoms with Gasteiger partial charge in [-0.05, 0) is 11.6 Å². The zero-order valence-electron chi connectivity index (χ0n) is 6.04. The van der Waals surface area contributed by atoms with E-state index in [0.717, 1.165) is 5.56 Å². The molecule has 0 amide bonds. The summed E-state index contributed by atoms with van der Waals surface area (Å²) in [4.78, 5) is 0. The van der Waals surface area contributed by atoms with Crippen LogP contribution in [0.1, 0.15) is 11.1 Å². The summed E-state index contributed by atoms with van der Waals surface area (Å²) in [5.41, 5.74) is 1.60. The van der Waals surface area contributed by atoms with Gasteiger partial charge in [0.15, 0.2) is 0 Å². The van der Waals surface area contributed by atoms with Crippen LogP contribution in [0.3, 0.4) is 0 Å². The van der Waals surface area contributed by atoms with Crippen LogP contribution in [0.5, 0.6) is 0 Å². The SMILES string of the molecule is C#CCc1ccccc1C#N. The van der Waals surface area contributed by atoms with Gasteiger partial charge in [-0.1, -0.05) is 18.2 Å². The number of hydrogen-bond acceptors (Lipinski definition) is 1. The number of nitrogens with zero attached hydrogens (tertiary/aromatic N) is 1. The van der Waals surface area contributed by atoms with Crippen molar-refractivity contribution in [3.05, 3.63) is 35.4 Å². The van der Waals surface area contributed by atoms with Gasteiger partial charge in [0.2, 0.25) is 0 Å². The molecule has 0 aromatic heterocycles. The van der Waals surface area contributed by atoms with E-state index in [1.54, 1.807) is 6.07 Å². The second kappa shape index (κ2) is 3.44. The van der Waals surface area contributed by atoms with Gasteiger partial charge in [0, 0.05) is 6.42 Å². The number of benzene rings is 1. The fourth-order valence-corrected chi connectivity index (χ4v) is 0.893. The summed E-state index contributed by atoms with van der Waals surface area (Å²) >= 11 is 0. The molecule has 0 spiro atoms. The Bertz CT molecular complexity index is 325. The van der Waals surface area contributed by atoms with Crippen LogP contribution < -0.4 is 0 Å². The molecular formula is C10H7N. The van der Waals surface area contributed by atoms with E-state index in [-0.39, 0.29) is 0 Å². The molecule has 0 N–H and O–H groups in total. The van der Waals surface area contributed by atoms with Crippen LogP contribution in [0.25, 0.3) is 0 Å². The molecule has 1 heteroatoms. The van der Waals surface area contributed by atoms with Crippen molar-refractivity contribution >= 4 is 0 Å². The molecule has 11 heavy (non-hydrogen) atoms. The summed E-state index contributed by atoms with van der Waals surface area (Å²) < 4.78 is 0. The topological polar surface area (TPSA) is 23.8 Å². The second-order valence-corrected chi connectivity index (χ2v) is 2.15. The Balaban J connectivity index is 3.07. The Hall–Kier alpha value is -1.73. The molecule has 0 unspecified atom stereocenters. The Morgan fingerprint density at radius 1 is 1.36 bits per heavy atom. The van der Waals surface area contributed by atoms with Gasteiger partial charge in [-0.2, -0.15) is 5.26 Å². The summed E-state index contributed by atoms with van der Waals surface area (Å²) in [5.74, 6) is 2.51. The molecule has 0 aliphatic rings. The smallest absolute Gasteiger partial charge is 0.0994 e. The maximum Gasteiger partial charge on any atom is 0.0994 e. The third kappa shape index (κ3) is 1.60. The highest BCUT2D eigenvalue weighted by Crippen LogP contribution is 2.06. The van der Waals surface area contributed by atoms with Crippen LogP contribution in [0, 0.1) is 23.7 Å². The predicted octanol–water partition coefficient (Wildman–Crippen LogP) is 1.73. The van der Waals surface area contributed by atoms with Crippen LogP contribution >= 0.6 is 0 Å². The molecule has 52 valence electrons. The maximum atomic E-state index is 8.63. The maximum absolute atomic E-state index is 8.63. The molecule has 0 atom stereocenters. The predicted molar refractivity (Wildman–Crippen MR) is 43.7 cm³/mol. The normalized spacial score (nSPS) is 8.18. The fraction of sp³-hybridized carbons (Fsp3) is 0.100. The summed E-state index contributed by atoms with van der Waals surface area (Å²) in [6.07, 6.45) is 5.66. The first-order valence-corrected chi connectivity index (χ1v) is 3.30. The van der Waals surface area contributed by atoms with Crippen molar-refractivity contribution in [2.24, 2.45) is 0 Å². The first kappa shape index (κ1) is 7.38. The first-order valence-electron chi connectivity index (χ1n) is 3.30. The minimum Gasteiger partial charge on any atom is -0.192 e. The van der Waals surface area contributed by atoms with Gasteiger partial charge in [-0.25, -0.2) is 0 Å². The standard InChI is InChI=1S/C10H7N/c1-2-5-9-6-3-4-7-10(9)8-11/h1,3-4,6-7H,5H2. The van der Waals surface area contributed by atoms with E-state index >= 15 is 0 Å². The van der Waals surface area contributed by atoms with Gasteiger partial charge in [0.1, 0.15) is 0 Å². The van der Waals surface area contributed by atoms with Crippen molar-refractivity contribution in [3.63, 3.8) is 0 Å². The van der Waals surface area contributed by atoms with E-state index in [0.29, 0.717) is 12.0 Å². The van der Waals surface area contributed by atoms with Crippen molar-refractivity contribution in [2.45, 2.75) is 6.42 Å². The zero-order valence-corrected chi connectivity index (χ0v) is 6.04. The monoisotopic (exact) mass is 141 g/mol. The van der Waals surface area contributed by atoms with Crippen molar-refractivity contribution < 1.29 is 0 Å². The van der Waals surface area contributed by atoms with Gasteiger partial charge < -0.3 is 0 Å². The van der Waals surface area contributed by atoms with Crippen LogP contribution in [0.4, 0.5) is 0 Å². The third-order valence-corrected chi connectivity index (χ3v) is 1.43. The lowest BCUT2D eigenvalue weighted by molar-refractivity contribution is 1.29. The minimum atomic E-state index is 0.531. The van der Waals surface area contributed by atoms with Gasteiger partial charge in [-0.3, -0.25) is 0 Å². The van der Waals surface area contributed by atoms with Gasteiger partial charge in [-0.15, -0.1) is 12.3 Å². The summed E-state index contributed by atoms with van der Waals surface area (Å²) in [7, 11) is 0. The molecule has 0 saturated carbocycles. The number of rotatable bonds is 1. The van der Waals surface area contributed by atoms with Crippen molar-refractivity contribution in [1.82, 2.24) is 0 Å². The largest absolute Gasteiger partial charge is 0.192 e. The zero-order chi connectivity index (χ0) is 8.10. The average molecular weight is 141 g/mol. The molecule has 0 radical (unpaired) electrons. The van der Waals surface area contributed by atoms with Crippen LogP contribution in [-0.2, 0) is 6.42 Å². The Labute approximate surface area is 66.3 Å². The Morgan fingerprint density at radius 3 is 2.73 bits per heavy atom. The lowest BCUT2D eigenvalue weighted by Crippen LogP contribution is -1.86. The van der Waals surface area contributed by atoms with Crippen molar-refractivity contribution in [1.29, 1.82) is 5.26 Å². The average Bonchev–Trinajstić information content (AvgIpc) is 2.06. The lowest BCUT2D eigenvalue weighted by Gasteiger charge is -1.95. The van der Waals surface area contributed by atoms with Crippen LogP contribution in [0.15, 0.2) is 24.3 Å². The molecule has 1 nitrogen and oxygen atoms in total. The number of hydrogen-bond donors (Lipinski definition) is 0. The highest BCUT2D eigenvalue weighted by Gasteiger charge is 1.96. The van der Waals surface area contributed by atoms with E-state index in [9.17, 15) is 0 Å². The summed E-state index contributed by atoms with van der Waals surface area (Å²) in [6.45, 7) is 0. The highest BCUT2D eigenvalue weighted by atomic mass is 14.2. The fourth-order valence-electron chi connectivity index (χ4n) is 0.893. The molecule has 0 heterocycles. The molecule has 0 fully saturated rings. The van der Waals surface area contributed by atoms with Gasteiger partial charge in [0.25, 0.3) is 0 Å². The molecule has 0 bridgehead atoms. The molecule has 1 aromatic rings. The van der Waals surface area contributed by atoms with E-state index in [4.69, 9.17) is 11.7 Å². The third-order valence-electron chi connectivity index (χ3n) is 1.43.